The van der Waals surface area contributed by atoms with Gasteiger partial charge in [0.25, 0.3) is 17.4 Å². The lowest BCUT2D eigenvalue weighted by Gasteiger charge is -2.31. The highest BCUT2D eigenvalue weighted by atomic mass is 35.5. The summed E-state index contributed by atoms with van der Waals surface area (Å²) in [5.74, 6) is -0.683. The molecule has 0 atom stereocenters. The van der Waals surface area contributed by atoms with Crippen LogP contribution in [0, 0.1) is 0 Å². The molecule has 2 aromatic rings. The summed E-state index contributed by atoms with van der Waals surface area (Å²) >= 11 is 5.85. The Balaban J connectivity index is 1.49. The van der Waals surface area contributed by atoms with Crippen molar-refractivity contribution in [2.45, 2.75) is 31.5 Å². The Hall–Kier alpha value is -2.64. The zero-order valence-corrected chi connectivity index (χ0v) is 16.0. The van der Waals surface area contributed by atoms with E-state index in [4.69, 9.17) is 17.3 Å². The van der Waals surface area contributed by atoms with E-state index in [1.807, 2.05) is 0 Å². The number of carbonyl (C=O) groups excluding carboxylic acids is 2. The molecular formula is C20H21ClN4O3. The molecule has 0 bridgehead atoms. The van der Waals surface area contributed by atoms with Crippen LogP contribution in [0.5, 0.6) is 0 Å². The Morgan fingerprint density at radius 3 is 2.50 bits per heavy atom. The Bertz CT molecular complexity index is 996. The van der Waals surface area contributed by atoms with Crippen LogP contribution in [-0.2, 0) is 13.1 Å². The van der Waals surface area contributed by atoms with E-state index in [0.717, 1.165) is 18.4 Å². The fraction of sp³-hybridized carbons (Fsp3) is 0.350. The lowest BCUT2D eigenvalue weighted by molar-refractivity contribution is 0.0682. The number of hydrogen-bond acceptors (Lipinski definition) is 4. The summed E-state index contributed by atoms with van der Waals surface area (Å²) in [6.45, 7) is 1.56. The van der Waals surface area contributed by atoms with E-state index < -0.39 is 11.5 Å². The topological polar surface area (TPSA) is 97.4 Å². The van der Waals surface area contributed by atoms with Crippen LogP contribution in [0.3, 0.4) is 0 Å². The third kappa shape index (κ3) is 3.68. The summed E-state index contributed by atoms with van der Waals surface area (Å²) in [5.41, 5.74) is 6.59. The van der Waals surface area contributed by atoms with Crippen molar-refractivity contribution in [2.75, 3.05) is 13.1 Å². The Morgan fingerprint density at radius 1 is 1.11 bits per heavy atom. The molecule has 4 rings (SSSR count). The van der Waals surface area contributed by atoms with Crippen molar-refractivity contribution >= 4 is 23.4 Å². The second kappa shape index (κ2) is 7.07. The molecule has 0 unspecified atom stereocenters. The molecule has 28 heavy (non-hydrogen) atoms. The van der Waals surface area contributed by atoms with E-state index in [-0.39, 0.29) is 23.6 Å². The van der Waals surface area contributed by atoms with E-state index in [2.05, 4.69) is 5.32 Å². The van der Waals surface area contributed by atoms with E-state index in [1.54, 1.807) is 35.2 Å². The molecule has 1 fully saturated rings. The zero-order chi connectivity index (χ0) is 19.9. The summed E-state index contributed by atoms with van der Waals surface area (Å²) < 4.78 is 1.38. The van der Waals surface area contributed by atoms with Gasteiger partial charge in [0.15, 0.2) is 0 Å². The average Bonchev–Trinajstić information content (AvgIpc) is 3.41. The predicted octanol–water partition coefficient (Wildman–Crippen LogP) is 1.38. The van der Waals surface area contributed by atoms with Gasteiger partial charge in [0.05, 0.1) is 0 Å². The maximum absolute atomic E-state index is 12.8. The predicted molar refractivity (Wildman–Crippen MR) is 105 cm³/mol. The number of pyridine rings is 1. The van der Waals surface area contributed by atoms with Gasteiger partial charge in [-0.05, 0) is 42.7 Å². The van der Waals surface area contributed by atoms with Gasteiger partial charge in [0.1, 0.15) is 11.3 Å². The van der Waals surface area contributed by atoms with Crippen molar-refractivity contribution in [2.24, 2.45) is 5.73 Å². The highest BCUT2D eigenvalue weighted by Crippen LogP contribution is 2.33. The molecular weight excluding hydrogens is 380 g/mol. The number of nitrogens with zero attached hydrogens (tertiary/aromatic N) is 2. The molecule has 2 amide bonds. The second-order valence-electron chi connectivity index (χ2n) is 7.49. The normalized spacial score (nSPS) is 17.2. The first-order valence-electron chi connectivity index (χ1n) is 9.21. The molecule has 1 aromatic carbocycles. The number of amides is 2. The number of carbonyl (C=O) groups is 2. The van der Waals surface area contributed by atoms with Crippen LogP contribution < -0.4 is 16.6 Å². The lowest BCUT2D eigenvalue weighted by atomic mass is 10.1. The van der Waals surface area contributed by atoms with Gasteiger partial charge in [-0.1, -0.05) is 23.7 Å². The van der Waals surface area contributed by atoms with E-state index in [0.29, 0.717) is 30.4 Å². The Morgan fingerprint density at radius 2 is 1.82 bits per heavy atom. The van der Waals surface area contributed by atoms with Crippen molar-refractivity contribution in [3.05, 3.63) is 68.6 Å². The molecule has 2 aliphatic rings. The van der Waals surface area contributed by atoms with E-state index in [1.165, 1.54) is 10.6 Å². The number of benzene rings is 1. The first-order chi connectivity index (χ1) is 13.4. The Labute approximate surface area is 167 Å². The second-order valence-corrected chi connectivity index (χ2v) is 7.92. The zero-order valence-electron chi connectivity index (χ0n) is 15.3. The number of nitrogens with one attached hydrogen (secondary N) is 1. The molecule has 1 aliphatic carbocycles. The SMILES string of the molecule is NC1(CN2CCn3c(ccc(C(=O)NCc4ccc(Cl)cc4)c3=O)C2=O)CC1. The summed E-state index contributed by atoms with van der Waals surface area (Å²) in [7, 11) is 0. The third-order valence-corrected chi connectivity index (χ3v) is 5.53. The minimum absolute atomic E-state index is 0.0245. The number of nitrogens with two attached hydrogens (primary N) is 1. The van der Waals surface area contributed by atoms with Gasteiger partial charge in [-0.3, -0.25) is 14.4 Å². The number of rotatable bonds is 5. The van der Waals surface area contributed by atoms with Gasteiger partial charge < -0.3 is 20.5 Å². The highest BCUT2D eigenvalue weighted by Gasteiger charge is 2.42. The molecule has 0 saturated heterocycles. The first-order valence-corrected chi connectivity index (χ1v) is 9.59. The van der Waals surface area contributed by atoms with Crippen LogP contribution in [0.4, 0.5) is 0 Å². The smallest absolute Gasteiger partial charge is 0.270 e. The molecule has 146 valence electrons. The third-order valence-electron chi connectivity index (χ3n) is 5.28. The average molecular weight is 401 g/mol. The van der Waals surface area contributed by atoms with Gasteiger partial charge in [-0.25, -0.2) is 0 Å². The number of fused-ring (bicyclic) bond motifs is 1. The molecule has 0 spiro atoms. The minimum atomic E-state index is -0.468. The van der Waals surface area contributed by atoms with Gasteiger partial charge in [0.2, 0.25) is 0 Å². The minimum Gasteiger partial charge on any atom is -0.348 e. The van der Waals surface area contributed by atoms with Crippen LogP contribution in [0.15, 0.2) is 41.2 Å². The van der Waals surface area contributed by atoms with Crippen LogP contribution in [0.25, 0.3) is 0 Å². The van der Waals surface area contributed by atoms with Crippen molar-refractivity contribution in [1.29, 1.82) is 0 Å². The molecule has 1 aromatic heterocycles. The van der Waals surface area contributed by atoms with E-state index in [9.17, 15) is 14.4 Å². The maximum atomic E-state index is 12.8. The monoisotopic (exact) mass is 400 g/mol. The van der Waals surface area contributed by atoms with Crippen LogP contribution in [-0.4, -0.2) is 39.9 Å². The molecule has 0 radical (unpaired) electrons. The molecule has 7 nitrogen and oxygen atoms in total. The highest BCUT2D eigenvalue weighted by molar-refractivity contribution is 6.30. The van der Waals surface area contributed by atoms with Crippen molar-refractivity contribution in [3.8, 4) is 0 Å². The van der Waals surface area contributed by atoms with Gasteiger partial charge >= 0.3 is 0 Å². The summed E-state index contributed by atoms with van der Waals surface area (Å²) in [6, 6.07) is 10.0. The van der Waals surface area contributed by atoms with Crippen LogP contribution in [0.2, 0.25) is 5.02 Å². The van der Waals surface area contributed by atoms with Crippen molar-refractivity contribution in [3.63, 3.8) is 0 Å². The van der Waals surface area contributed by atoms with Gasteiger partial charge in [-0.2, -0.15) is 0 Å². The van der Waals surface area contributed by atoms with Crippen LogP contribution >= 0.6 is 11.6 Å². The molecule has 8 heteroatoms. The van der Waals surface area contributed by atoms with Crippen molar-refractivity contribution < 1.29 is 9.59 Å². The standard InChI is InChI=1S/C20H21ClN4O3/c21-14-3-1-13(2-4-14)11-23-17(26)15-5-6-16-19(28)24(12-20(22)7-8-20)9-10-25(16)18(15)27/h1-6H,7-12,22H2,(H,23,26). The summed E-state index contributed by atoms with van der Waals surface area (Å²) in [6.07, 6.45) is 1.83. The quantitative estimate of drug-likeness (QED) is 0.792. The fourth-order valence-electron chi connectivity index (χ4n) is 3.37. The van der Waals surface area contributed by atoms with Crippen molar-refractivity contribution in [1.82, 2.24) is 14.8 Å². The number of halogens is 1. The van der Waals surface area contributed by atoms with Crippen LogP contribution in [0.1, 0.15) is 39.3 Å². The number of aromatic nitrogens is 1. The van der Waals surface area contributed by atoms with Gasteiger partial charge in [-0.15, -0.1) is 0 Å². The number of hydrogen-bond donors (Lipinski definition) is 2. The lowest BCUT2D eigenvalue weighted by Crippen LogP contribution is -2.50. The molecule has 3 N–H and O–H groups in total. The Kier molecular flexibility index (Phi) is 4.72. The molecule has 1 saturated carbocycles. The first kappa shape index (κ1) is 18.7. The largest absolute Gasteiger partial charge is 0.348 e. The van der Waals surface area contributed by atoms with E-state index >= 15 is 0 Å². The fourth-order valence-corrected chi connectivity index (χ4v) is 3.50. The summed E-state index contributed by atoms with van der Waals surface area (Å²) in [4.78, 5) is 39.6. The maximum Gasteiger partial charge on any atom is 0.270 e. The van der Waals surface area contributed by atoms with Gasteiger partial charge in [0, 0.05) is 36.7 Å². The summed E-state index contributed by atoms with van der Waals surface area (Å²) in [5, 5.41) is 3.35. The molecule has 2 heterocycles. The molecule has 1 aliphatic heterocycles.